The molecule has 21 heavy (non-hydrogen) atoms. The molecule has 3 rings (SSSR count). The summed E-state index contributed by atoms with van der Waals surface area (Å²) in [7, 11) is 0. The lowest BCUT2D eigenvalue weighted by atomic mass is 10.1. The van der Waals surface area contributed by atoms with Gasteiger partial charge in [0.05, 0.1) is 5.56 Å². The summed E-state index contributed by atoms with van der Waals surface area (Å²) >= 11 is 0. The maximum Gasteiger partial charge on any atom is 0.260 e. The Hall–Kier alpha value is -2.76. The maximum atomic E-state index is 13.6. The minimum Gasteiger partial charge on any atom is -0.398 e. The summed E-state index contributed by atoms with van der Waals surface area (Å²) in [6, 6.07) is 8.54. The molecule has 0 aliphatic rings. The number of hydrogen-bond acceptors (Lipinski definition) is 4. The van der Waals surface area contributed by atoms with E-state index in [-0.39, 0.29) is 23.2 Å². The van der Waals surface area contributed by atoms with E-state index in [1.54, 1.807) is 19.1 Å². The van der Waals surface area contributed by atoms with E-state index in [4.69, 9.17) is 10.3 Å². The second-order valence-corrected chi connectivity index (χ2v) is 4.62. The summed E-state index contributed by atoms with van der Waals surface area (Å²) in [6.07, 6.45) is 0. The van der Waals surface area contributed by atoms with Gasteiger partial charge in [0.25, 0.3) is 5.89 Å². The van der Waals surface area contributed by atoms with Gasteiger partial charge in [-0.1, -0.05) is 17.3 Å². The van der Waals surface area contributed by atoms with Crippen molar-refractivity contribution in [3.8, 4) is 22.8 Å². The van der Waals surface area contributed by atoms with Gasteiger partial charge in [-0.15, -0.1) is 0 Å². The van der Waals surface area contributed by atoms with Crippen molar-refractivity contribution in [3.63, 3.8) is 0 Å². The summed E-state index contributed by atoms with van der Waals surface area (Å²) in [5.74, 6) is -0.396. The van der Waals surface area contributed by atoms with Crippen LogP contribution in [0, 0.1) is 18.6 Å². The number of anilines is 1. The molecule has 0 saturated heterocycles. The smallest absolute Gasteiger partial charge is 0.260 e. The topological polar surface area (TPSA) is 64.9 Å². The summed E-state index contributed by atoms with van der Waals surface area (Å²) in [5, 5.41) is 3.80. The molecule has 0 bridgehead atoms. The second-order valence-electron chi connectivity index (χ2n) is 4.62. The first-order valence-corrected chi connectivity index (χ1v) is 6.20. The molecule has 1 heterocycles. The van der Waals surface area contributed by atoms with Crippen LogP contribution in [0.1, 0.15) is 5.56 Å². The van der Waals surface area contributed by atoms with Crippen molar-refractivity contribution >= 4 is 5.69 Å². The third kappa shape index (κ3) is 2.47. The molecule has 0 amide bonds. The lowest BCUT2D eigenvalue weighted by Crippen LogP contribution is -1.91. The van der Waals surface area contributed by atoms with E-state index in [0.717, 1.165) is 0 Å². The van der Waals surface area contributed by atoms with Gasteiger partial charge in [0, 0.05) is 11.3 Å². The molecule has 0 aliphatic carbocycles. The van der Waals surface area contributed by atoms with Gasteiger partial charge in [0.15, 0.2) is 0 Å². The average molecular weight is 287 g/mol. The van der Waals surface area contributed by atoms with E-state index in [2.05, 4.69) is 10.1 Å². The SMILES string of the molecule is Cc1ccc(-c2noc(-c3ccc(F)cc3N)n2)cc1F. The predicted octanol–water partition coefficient (Wildman–Crippen LogP) is 3.57. The van der Waals surface area contributed by atoms with Crippen LogP contribution < -0.4 is 5.73 Å². The molecule has 4 nitrogen and oxygen atoms in total. The molecule has 0 unspecified atom stereocenters. The Morgan fingerprint density at radius 1 is 1.10 bits per heavy atom. The van der Waals surface area contributed by atoms with Crippen molar-refractivity contribution in [1.29, 1.82) is 0 Å². The Morgan fingerprint density at radius 2 is 1.90 bits per heavy atom. The molecule has 3 aromatic rings. The number of benzene rings is 2. The van der Waals surface area contributed by atoms with Crippen LogP contribution in [-0.4, -0.2) is 10.1 Å². The minimum atomic E-state index is -0.448. The lowest BCUT2D eigenvalue weighted by Gasteiger charge is -1.99. The van der Waals surface area contributed by atoms with Crippen LogP contribution in [0.5, 0.6) is 0 Å². The van der Waals surface area contributed by atoms with Crippen LogP contribution in [0.2, 0.25) is 0 Å². The number of aromatic nitrogens is 2. The zero-order valence-corrected chi connectivity index (χ0v) is 11.1. The zero-order valence-electron chi connectivity index (χ0n) is 11.1. The quantitative estimate of drug-likeness (QED) is 0.732. The Kier molecular flexibility index (Phi) is 3.13. The number of hydrogen-bond donors (Lipinski definition) is 1. The van der Waals surface area contributed by atoms with Gasteiger partial charge in [-0.25, -0.2) is 8.78 Å². The molecule has 6 heteroatoms. The summed E-state index contributed by atoms with van der Waals surface area (Å²) in [6.45, 7) is 1.67. The average Bonchev–Trinajstić information content (AvgIpc) is 2.91. The van der Waals surface area contributed by atoms with E-state index in [1.807, 2.05) is 0 Å². The highest BCUT2D eigenvalue weighted by atomic mass is 19.1. The standard InChI is InChI=1S/C15H11F2N3O/c1-8-2-3-9(6-12(8)17)14-19-15(21-20-14)11-5-4-10(16)7-13(11)18/h2-7H,18H2,1H3. The summed E-state index contributed by atoms with van der Waals surface area (Å²) in [5.41, 5.74) is 7.37. The van der Waals surface area contributed by atoms with Crippen LogP contribution in [0.15, 0.2) is 40.9 Å². The molecule has 0 atom stereocenters. The van der Waals surface area contributed by atoms with Crippen molar-refractivity contribution in [2.75, 3.05) is 5.73 Å². The number of aryl methyl sites for hydroxylation is 1. The van der Waals surface area contributed by atoms with Crippen LogP contribution in [-0.2, 0) is 0 Å². The third-order valence-corrected chi connectivity index (χ3v) is 3.10. The Balaban J connectivity index is 2.01. The molecular formula is C15H11F2N3O. The van der Waals surface area contributed by atoms with E-state index in [0.29, 0.717) is 16.7 Å². The summed E-state index contributed by atoms with van der Waals surface area (Å²) < 4.78 is 31.7. The highest BCUT2D eigenvalue weighted by Crippen LogP contribution is 2.27. The molecule has 0 aliphatic heterocycles. The van der Waals surface area contributed by atoms with Crippen molar-refractivity contribution in [2.45, 2.75) is 6.92 Å². The summed E-state index contributed by atoms with van der Waals surface area (Å²) in [4.78, 5) is 4.17. The third-order valence-electron chi connectivity index (χ3n) is 3.10. The largest absolute Gasteiger partial charge is 0.398 e. The molecule has 2 aromatic carbocycles. The van der Waals surface area contributed by atoms with Crippen LogP contribution in [0.25, 0.3) is 22.8 Å². The van der Waals surface area contributed by atoms with E-state index < -0.39 is 5.82 Å². The van der Waals surface area contributed by atoms with E-state index >= 15 is 0 Å². The number of nitrogens with zero attached hydrogens (tertiary/aromatic N) is 2. The molecule has 2 N–H and O–H groups in total. The van der Waals surface area contributed by atoms with Gasteiger partial charge >= 0.3 is 0 Å². The van der Waals surface area contributed by atoms with Crippen molar-refractivity contribution in [1.82, 2.24) is 10.1 Å². The molecule has 0 radical (unpaired) electrons. The Labute approximate surface area is 119 Å². The number of nitrogens with two attached hydrogens (primary N) is 1. The van der Waals surface area contributed by atoms with E-state index in [9.17, 15) is 8.78 Å². The lowest BCUT2D eigenvalue weighted by molar-refractivity contribution is 0.432. The van der Waals surface area contributed by atoms with Crippen molar-refractivity contribution in [2.24, 2.45) is 0 Å². The van der Waals surface area contributed by atoms with Gasteiger partial charge in [0.1, 0.15) is 11.6 Å². The monoisotopic (exact) mass is 287 g/mol. The maximum absolute atomic E-state index is 13.6. The van der Waals surface area contributed by atoms with Gasteiger partial charge in [0.2, 0.25) is 5.82 Å². The molecule has 0 saturated carbocycles. The fourth-order valence-electron chi connectivity index (χ4n) is 1.91. The zero-order chi connectivity index (χ0) is 15.0. The molecule has 0 spiro atoms. The Morgan fingerprint density at radius 3 is 2.62 bits per heavy atom. The van der Waals surface area contributed by atoms with Crippen LogP contribution in [0.3, 0.4) is 0 Å². The van der Waals surface area contributed by atoms with Crippen LogP contribution >= 0.6 is 0 Å². The van der Waals surface area contributed by atoms with Crippen LogP contribution in [0.4, 0.5) is 14.5 Å². The second kappa shape index (κ2) is 4.97. The first-order chi connectivity index (χ1) is 10.0. The number of nitrogen functional groups attached to an aromatic ring is 1. The van der Waals surface area contributed by atoms with Gasteiger partial charge in [-0.05, 0) is 36.8 Å². The minimum absolute atomic E-state index is 0.156. The predicted molar refractivity (Wildman–Crippen MR) is 74.2 cm³/mol. The van der Waals surface area contributed by atoms with Crippen molar-refractivity contribution < 1.29 is 13.3 Å². The Bertz CT molecular complexity index is 814. The highest BCUT2D eigenvalue weighted by molar-refractivity contribution is 5.71. The van der Waals surface area contributed by atoms with Gasteiger partial charge < -0.3 is 10.3 Å². The number of halogens is 2. The molecule has 1 aromatic heterocycles. The first kappa shape index (κ1) is 13.2. The highest BCUT2D eigenvalue weighted by Gasteiger charge is 2.14. The van der Waals surface area contributed by atoms with Gasteiger partial charge in [-0.3, -0.25) is 0 Å². The fraction of sp³-hybridized carbons (Fsp3) is 0.0667. The number of rotatable bonds is 2. The van der Waals surface area contributed by atoms with Crippen molar-refractivity contribution in [3.05, 3.63) is 53.6 Å². The molecular weight excluding hydrogens is 276 g/mol. The molecule has 0 fully saturated rings. The fourth-order valence-corrected chi connectivity index (χ4v) is 1.91. The van der Waals surface area contributed by atoms with E-state index in [1.165, 1.54) is 24.3 Å². The molecule has 106 valence electrons. The normalized spacial score (nSPS) is 10.8. The van der Waals surface area contributed by atoms with Gasteiger partial charge in [-0.2, -0.15) is 4.98 Å². The first-order valence-electron chi connectivity index (χ1n) is 6.20.